The highest BCUT2D eigenvalue weighted by atomic mass is 32.1. The van der Waals surface area contributed by atoms with Gasteiger partial charge in [0.25, 0.3) is 0 Å². The number of pyridine rings is 1. The molecule has 3 heterocycles. The van der Waals surface area contributed by atoms with E-state index in [-0.39, 0.29) is 12.1 Å². The van der Waals surface area contributed by atoms with Crippen LogP contribution in [-0.4, -0.2) is 39.8 Å². The Labute approximate surface area is 196 Å². The monoisotopic (exact) mass is 448 g/mol. The molecule has 1 aliphatic rings. The van der Waals surface area contributed by atoms with Gasteiger partial charge < -0.3 is 19.5 Å². The number of aryl methyl sites for hydroxylation is 3. The van der Waals surface area contributed by atoms with Crippen molar-refractivity contribution >= 4 is 17.3 Å². The molecule has 4 rings (SSSR count). The van der Waals surface area contributed by atoms with Crippen LogP contribution in [0.1, 0.15) is 52.3 Å². The minimum Gasteiger partial charge on any atom is -0.385 e. The first-order valence-corrected chi connectivity index (χ1v) is 11.6. The van der Waals surface area contributed by atoms with Gasteiger partial charge in [-0.1, -0.05) is 24.3 Å². The average molecular weight is 449 g/mol. The number of nitrogens with zero attached hydrogens (tertiary/aromatic N) is 3. The van der Waals surface area contributed by atoms with E-state index in [1.807, 2.05) is 18.3 Å². The predicted molar refractivity (Wildman–Crippen MR) is 133 cm³/mol. The molecule has 6 heteroatoms. The van der Waals surface area contributed by atoms with Crippen molar-refractivity contribution < 1.29 is 4.74 Å². The molecule has 0 aliphatic carbocycles. The van der Waals surface area contributed by atoms with Crippen molar-refractivity contribution in [2.45, 2.75) is 46.2 Å². The molecule has 2 atom stereocenters. The van der Waals surface area contributed by atoms with Crippen LogP contribution in [0.5, 0.6) is 0 Å². The summed E-state index contributed by atoms with van der Waals surface area (Å²) in [7, 11) is 1.74. The van der Waals surface area contributed by atoms with Crippen molar-refractivity contribution in [3.8, 4) is 5.69 Å². The first kappa shape index (κ1) is 22.5. The molecule has 0 unspecified atom stereocenters. The lowest BCUT2D eigenvalue weighted by Crippen LogP contribution is -2.31. The molecule has 168 valence electrons. The smallest absolute Gasteiger partial charge is 0.170 e. The number of thiocarbonyl (C=S) groups is 1. The zero-order valence-corrected chi connectivity index (χ0v) is 20.4. The van der Waals surface area contributed by atoms with Gasteiger partial charge in [0, 0.05) is 37.8 Å². The molecule has 0 saturated carbocycles. The molecule has 0 radical (unpaired) electrons. The second kappa shape index (κ2) is 9.43. The maximum absolute atomic E-state index is 5.80. The van der Waals surface area contributed by atoms with Crippen LogP contribution in [0.15, 0.2) is 48.7 Å². The second-order valence-electron chi connectivity index (χ2n) is 8.57. The Bertz CT molecular complexity index is 1090. The van der Waals surface area contributed by atoms with E-state index in [1.165, 1.54) is 33.8 Å². The number of aromatic nitrogens is 2. The lowest BCUT2D eigenvalue weighted by molar-refractivity contribution is 0.180. The standard InChI is InChI=1S/C26H32N4OS/c1-17-10-8-11-18(2)24(17)30-19(3)16-21(20(30)4)25-23(22-12-6-7-13-27-22)28-26(32)29(25)14-9-15-31-5/h6-8,10-13,16,23,25H,9,14-15H2,1-5H3,(H,28,32)/t23-,25-/m0/s1. The lowest BCUT2D eigenvalue weighted by Gasteiger charge is -2.28. The Morgan fingerprint density at radius 3 is 2.47 bits per heavy atom. The third-order valence-corrected chi connectivity index (χ3v) is 6.75. The third-order valence-electron chi connectivity index (χ3n) is 6.40. The Morgan fingerprint density at radius 1 is 1.06 bits per heavy atom. The largest absolute Gasteiger partial charge is 0.385 e. The van der Waals surface area contributed by atoms with Gasteiger partial charge >= 0.3 is 0 Å². The van der Waals surface area contributed by atoms with Gasteiger partial charge in [0.05, 0.1) is 23.5 Å². The minimum absolute atomic E-state index is 0.00170. The first-order valence-electron chi connectivity index (χ1n) is 11.2. The van der Waals surface area contributed by atoms with E-state index in [0.717, 1.165) is 23.8 Å². The predicted octanol–water partition coefficient (Wildman–Crippen LogP) is 5.11. The molecule has 2 aromatic heterocycles. The molecule has 3 aromatic rings. The van der Waals surface area contributed by atoms with Crippen LogP contribution >= 0.6 is 12.2 Å². The van der Waals surface area contributed by atoms with Crippen LogP contribution < -0.4 is 5.32 Å². The Hall–Kier alpha value is -2.70. The van der Waals surface area contributed by atoms with Gasteiger partial charge in [-0.05, 0) is 81.2 Å². The van der Waals surface area contributed by atoms with E-state index in [9.17, 15) is 0 Å². The van der Waals surface area contributed by atoms with Gasteiger partial charge in [-0.2, -0.15) is 0 Å². The first-order chi connectivity index (χ1) is 15.4. The number of nitrogens with one attached hydrogen (secondary N) is 1. The molecule has 0 bridgehead atoms. The van der Waals surface area contributed by atoms with E-state index < -0.39 is 0 Å². The molecular weight excluding hydrogens is 416 g/mol. The van der Waals surface area contributed by atoms with Crippen molar-refractivity contribution in [1.82, 2.24) is 19.8 Å². The zero-order chi connectivity index (χ0) is 22.8. The molecule has 1 saturated heterocycles. The second-order valence-corrected chi connectivity index (χ2v) is 8.96. The molecule has 1 aromatic carbocycles. The topological polar surface area (TPSA) is 42.3 Å². The maximum Gasteiger partial charge on any atom is 0.170 e. The molecule has 1 aliphatic heterocycles. The van der Waals surface area contributed by atoms with E-state index in [1.54, 1.807) is 7.11 Å². The fourth-order valence-electron chi connectivity index (χ4n) is 4.95. The summed E-state index contributed by atoms with van der Waals surface area (Å²) in [5.74, 6) is 0. The van der Waals surface area contributed by atoms with Crippen LogP contribution in [0.4, 0.5) is 0 Å². The van der Waals surface area contributed by atoms with Gasteiger partial charge in [0.1, 0.15) is 0 Å². The van der Waals surface area contributed by atoms with Crippen LogP contribution in [-0.2, 0) is 4.74 Å². The van der Waals surface area contributed by atoms with Gasteiger partial charge in [-0.15, -0.1) is 0 Å². The summed E-state index contributed by atoms with van der Waals surface area (Å²) in [6.45, 7) is 10.3. The molecule has 5 nitrogen and oxygen atoms in total. The van der Waals surface area contributed by atoms with Crippen LogP contribution in [0.2, 0.25) is 0 Å². The highest BCUT2D eigenvalue weighted by Crippen LogP contribution is 2.41. The molecular formula is C26H32N4OS. The lowest BCUT2D eigenvalue weighted by atomic mass is 9.96. The van der Waals surface area contributed by atoms with E-state index in [4.69, 9.17) is 17.0 Å². The quantitative estimate of drug-likeness (QED) is 0.402. The van der Waals surface area contributed by atoms with Crippen LogP contribution in [0.3, 0.4) is 0 Å². The Kier molecular flexibility index (Phi) is 6.63. The van der Waals surface area contributed by atoms with Crippen molar-refractivity contribution in [3.63, 3.8) is 0 Å². The summed E-state index contributed by atoms with van der Waals surface area (Å²) >= 11 is 5.80. The van der Waals surface area contributed by atoms with Crippen LogP contribution in [0.25, 0.3) is 5.69 Å². The van der Waals surface area contributed by atoms with Gasteiger partial charge in [-0.3, -0.25) is 4.98 Å². The number of rotatable bonds is 7. The van der Waals surface area contributed by atoms with E-state index in [2.05, 4.69) is 77.8 Å². The number of benzene rings is 1. The van der Waals surface area contributed by atoms with Crippen LogP contribution in [0, 0.1) is 27.7 Å². The maximum atomic E-state index is 5.80. The highest BCUT2D eigenvalue weighted by Gasteiger charge is 2.41. The SMILES string of the molecule is COCCCN1C(=S)N[C@@H](c2ccccn2)[C@@H]1c1cc(C)n(-c2c(C)cccc2C)c1C. The number of methoxy groups -OCH3 is 1. The summed E-state index contributed by atoms with van der Waals surface area (Å²) in [5, 5.41) is 4.34. The van der Waals surface area contributed by atoms with Crippen molar-refractivity contribution in [1.29, 1.82) is 0 Å². The normalized spacial score (nSPS) is 18.3. The number of hydrogen-bond donors (Lipinski definition) is 1. The number of hydrogen-bond acceptors (Lipinski definition) is 3. The fourth-order valence-corrected chi connectivity index (χ4v) is 5.29. The van der Waals surface area contributed by atoms with Crippen molar-refractivity contribution in [3.05, 3.63) is 82.4 Å². The molecule has 0 amide bonds. The van der Waals surface area contributed by atoms with Crippen molar-refractivity contribution in [2.24, 2.45) is 0 Å². The number of para-hydroxylation sites is 1. The molecule has 0 spiro atoms. The summed E-state index contributed by atoms with van der Waals surface area (Å²) in [6.07, 6.45) is 2.77. The molecule has 1 N–H and O–H groups in total. The molecule has 1 fully saturated rings. The van der Waals surface area contributed by atoms with Gasteiger partial charge in [-0.25, -0.2) is 0 Å². The fraction of sp³-hybridized carbons (Fsp3) is 0.385. The highest BCUT2D eigenvalue weighted by molar-refractivity contribution is 7.80. The minimum atomic E-state index is -0.00170. The summed E-state index contributed by atoms with van der Waals surface area (Å²) in [4.78, 5) is 6.98. The summed E-state index contributed by atoms with van der Waals surface area (Å²) in [6, 6.07) is 14.9. The zero-order valence-electron chi connectivity index (χ0n) is 19.6. The van der Waals surface area contributed by atoms with Gasteiger partial charge in [0.2, 0.25) is 0 Å². The van der Waals surface area contributed by atoms with Crippen molar-refractivity contribution in [2.75, 3.05) is 20.3 Å². The molecule has 32 heavy (non-hydrogen) atoms. The third kappa shape index (κ3) is 4.05. The summed E-state index contributed by atoms with van der Waals surface area (Å²) < 4.78 is 7.71. The Balaban J connectivity index is 1.83. The summed E-state index contributed by atoms with van der Waals surface area (Å²) in [5.41, 5.74) is 8.57. The van der Waals surface area contributed by atoms with E-state index in [0.29, 0.717) is 6.61 Å². The van der Waals surface area contributed by atoms with Gasteiger partial charge in [0.15, 0.2) is 5.11 Å². The Morgan fingerprint density at radius 2 is 1.81 bits per heavy atom. The average Bonchev–Trinajstić information content (AvgIpc) is 3.25. The van der Waals surface area contributed by atoms with E-state index >= 15 is 0 Å². The number of ether oxygens (including phenoxy) is 1.